The van der Waals surface area contributed by atoms with Crippen LogP contribution < -0.4 is 5.32 Å². The Bertz CT molecular complexity index is 534. The minimum Gasteiger partial charge on any atom is -0.457 e. The van der Waals surface area contributed by atoms with E-state index in [0.29, 0.717) is 10.2 Å². The number of furan rings is 1. The molecule has 0 aliphatic carbocycles. The molecule has 17 heavy (non-hydrogen) atoms. The van der Waals surface area contributed by atoms with Crippen LogP contribution in [0.15, 0.2) is 45.7 Å². The molecule has 0 aliphatic rings. The third kappa shape index (κ3) is 2.77. The number of anilines is 1. The molecule has 0 radical (unpaired) electrons. The van der Waals surface area contributed by atoms with Gasteiger partial charge in [-0.3, -0.25) is 4.79 Å². The highest BCUT2D eigenvalue weighted by molar-refractivity contribution is 9.10. The summed E-state index contributed by atoms with van der Waals surface area (Å²) in [6.45, 7) is 2.08. The lowest BCUT2D eigenvalue weighted by Crippen LogP contribution is -2.11. The lowest BCUT2D eigenvalue weighted by atomic mass is 10.1. The van der Waals surface area contributed by atoms with Crippen LogP contribution in [-0.2, 0) is 6.42 Å². The van der Waals surface area contributed by atoms with E-state index in [1.165, 1.54) is 11.8 Å². The van der Waals surface area contributed by atoms with Crippen molar-refractivity contribution in [3.05, 3.63) is 52.4 Å². The summed E-state index contributed by atoms with van der Waals surface area (Å²) in [6, 6.07) is 9.42. The Labute approximate surface area is 108 Å². The summed E-state index contributed by atoms with van der Waals surface area (Å²) in [6.07, 6.45) is 2.42. The Morgan fingerprint density at radius 1 is 1.41 bits per heavy atom. The van der Waals surface area contributed by atoms with Gasteiger partial charge < -0.3 is 9.73 Å². The summed E-state index contributed by atoms with van der Waals surface area (Å²) in [7, 11) is 0. The first-order valence-electron chi connectivity index (χ1n) is 5.34. The maximum absolute atomic E-state index is 11.9. The SMILES string of the molecule is CCc1cccc(NC(=O)c2ccoc2Br)c1. The number of carbonyl (C=O) groups is 1. The van der Waals surface area contributed by atoms with Gasteiger partial charge in [0.15, 0.2) is 4.67 Å². The second kappa shape index (κ2) is 5.19. The lowest BCUT2D eigenvalue weighted by Gasteiger charge is -2.05. The topological polar surface area (TPSA) is 42.2 Å². The summed E-state index contributed by atoms with van der Waals surface area (Å²) in [5, 5.41) is 2.83. The molecule has 0 atom stereocenters. The molecule has 0 aliphatic heterocycles. The molecule has 4 heteroatoms. The first-order chi connectivity index (χ1) is 8.20. The van der Waals surface area contributed by atoms with Crippen LogP contribution in [0.4, 0.5) is 5.69 Å². The van der Waals surface area contributed by atoms with Crippen molar-refractivity contribution in [1.29, 1.82) is 0 Å². The molecular formula is C13H12BrNO2. The van der Waals surface area contributed by atoms with Crippen molar-refractivity contribution in [2.45, 2.75) is 13.3 Å². The van der Waals surface area contributed by atoms with E-state index in [9.17, 15) is 4.79 Å². The molecule has 1 aromatic carbocycles. The Balaban J connectivity index is 2.16. The highest BCUT2D eigenvalue weighted by atomic mass is 79.9. The monoisotopic (exact) mass is 293 g/mol. The minimum atomic E-state index is -0.182. The number of hydrogen-bond acceptors (Lipinski definition) is 2. The molecule has 1 amide bonds. The predicted octanol–water partition coefficient (Wildman–Crippen LogP) is 3.86. The largest absolute Gasteiger partial charge is 0.457 e. The van der Waals surface area contributed by atoms with Gasteiger partial charge in [-0.1, -0.05) is 19.1 Å². The smallest absolute Gasteiger partial charge is 0.260 e. The van der Waals surface area contributed by atoms with E-state index < -0.39 is 0 Å². The Morgan fingerprint density at radius 3 is 2.88 bits per heavy atom. The summed E-state index contributed by atoms with van der Waals surface area (Å²) < 4.78 is 5.47. The van der Waals surface area contributed by atoms with Crippen molar-refractivity contribution in [3.8, 4) is 0 Å². The van der Waals surface area contributed by atoms with Gasteiger partial charge in [0.05, 0.1) is 11.8 Å². The van der Waals surface area contributed by atoms with Crippen LogP contribution in [0.5, 0.6) is 0 Å². The number of amides is 1. The molecule has 88 valence electrons. The fourth-order valence-electron chi connectivity index (χ4n) is 1.52. The molecule has 3 nitrogen and oxygen atoms in total. The van der Waals surface area contributed by atoms with Crippen molar-refractivity contribution in [2.24, 2.45) is 0 Å². The molecule has 2 rings (SSSR count). The molecule has 0 fully saturated rings. The third-order valence-electron chi connectivity index (χ3n) is 2.46. The summed E-state index contributed by atoms with van der Waals surface area (Å²) in [4.78, 5) is 11.9. The van der Waals surface area contributed by atoms with Crippen LogP contribution in [0.2, 0.25) is 0 Å². The van der Waals surface area contributed by atoms with E-state index in [1.54, 1.807) is 6.07 Å². The fourth-order valence-corrected chi connectivity index (χ4v) is 1.94. The highest BCUT2D eigenvalue weighted by Gasteiger charge is 2.12. The maximum Gasteiger partial charge on any atom is 0.260 e. The van der Waals surface area contributed by atoms with E-state index in [-0.39, 0.29) is 5.91 Å². The van der Waals surface area contributed by atoms with Gasteiger partial charge in [-0.25, -0.2) is 0 Å². The summed E-state index contributed by atoms with van der Waals surface area (Å²) >= 11 is 3.18. The van der Waals surface area contributed by atoms with Crippen LogP contribution in [0.25, 0.3) is 0 Å². The molecule has 1 N–H and O–H groups in total. The average Bonchev–Trinajstić information content (AvgIpc) is 2.76. The Hall–Kier alpha value is -1.55. The average molecular weight is 294 g/mol. The fraction of sp³-hybridized carbons (Fsp3) is 0.154. The van der Waals surface area contributed by atoms with Crippen LogP contribution in [0.3, 0.4) is 0 Å². The number of aryl methyl sites for hydroxylation is 1. The van der Waals surface area contributed by atoms with Crippen LogP contribution >= 0.6 is 15.9 Å². The van der Waals surface area contributed by atoms with E-state index in [0.717, 1.165) is 12.1 Å². The molecule has 1 aromatic heterocycles. The molecule has 0 saturated carbocycles. The number of benzene rings is 1. The standard InChI is InChI=1S/C13H12BrNO2/c1-2-9-4-3-5-10(8-9)15-13(16)11-6-7-17-12(11)14/h3-8H,2H2,1H3,(H,15,16). The predicted molar refractivity (Wildman–Crippen MR) is 70.2 cm³/mol. The van der Waals surface area contributed by atoms with Gasteiger partial charge in [0.1, 0.15) is 0 Å². The minimum absolute atomic E-state index is 0.182. The van der Waals surface area contributed by atoms with Crippen molar-refractivity contribution >= 4 is 27.5 Å². The molecule has 0 saturated heterocycles. The molecule has 0 unspecified atom stereocenters. The maximum atomic E-state index is 11.9. The quantitative estimate of drug-likeness (QED) is 0.934. The summed E-state index contributed by atoms with van der Waals surface area (Å²) in [5.41, 5.74) is 2.48. The van der Waals surface area contributed by atoms with Gasteiger partial charge in [-0.05, 0) is 46.1 Å². The first kappa shape index (κ1) is 11.9. The summed E-state index contributed by atoms with van der Waals surface area (Å²) in [5.74, 6) is -0.182. The Morgan fingerprint density at radius 2 is 2.24 bits per heavy atom. The lowest BCUT2D eigenvalue weighted by molar-refractivity contribution is 0.102. The molecular weight excluding hydrogens is 282 g/mol. The van der Waals surface area contributed by atoms with E-state index >= 15 is 0 Å². The first-order valence-corrected chi connectivity index (χ1v) is 6.13. The number of nitrogens with one attached hydrogen (secondary N) is 1. The van der Waals surface area contributed by atoms with Crippen LogP contribution in [0.1, 0.15) is 22.8 Å². The van der Waals surface area contributed by atoms with Crippen LogP contribution in [-0.4, -0.2) is 5.91 Å². The van der Waals surface area contributed by atoms with Gasteiger partial charge in [0.25, 0.3) is 5.91 Å². The van der Waals surface area contributed by atoms with Gasteiger partial charge in [0, 0.05) is 5.69 Å². The van der Waals surface area contributed by atoms with Crippen LogP contribution in [0, 0.1) is 0 Å². The second-order valence-corrected chi connectivity index (χ2v) is 4.34. The van der Waals surface area contributed by atoms with Crippen molar-refractivity contribution < 1.29 is 9.21 Å². The molecule has 2 aromatic rings. The van der Waals surface area contributed by atoms with Crippen molar-refractivity contribution in [2.75, 3.05) is 5.32 Å². The van der Waals surface area contributed by atoms with Crippen molar-refractivity contribution in [3.63, 3.8) is 0 Å². The number of carbonyl (C=O) groups excluding carboxylic acids is 1. The van der Waals surface area contributed by atoms with Gasteiger partial charge in [-0.15, -0.1) is 0 Å². The number of rotatable bonds is 3. The van der Waals surface area contributed by atoms with E-state index in [4.69, 9.17) is 4.42 Å². The Kier molecular flexibility index (Phi) is 3.64. The normalized spacial score (nSPS) is 10.2. The molecule has 0 spiro atoms. The zero-order chi connectivity index (χ0) is 12.3. The highest BCUT2D eigenvalue weighted by Crippen LogP contribution is 2.19. The number of halogens is 1. The van der Waals surface area contributed by atoms with Gasteiger partial charge in [0.2, 0.25) is 0 Å². The van der Waals surface area contributed by atoms with Gasteiger partial charge >= 0.3 is 0 Å². The van der Waals surface area contributed by atoms with Crippen molar-refractivity contribution in [1.82, 2.24) is 0 Å². The van der Waals surface area contributed by atoms with E-state index in [1.807, 2.05) is 24.3 Å². The zero-order valence-corrected chi connectivity index (χ0v) is 11.0. The molecule has 1 heterocycles. The zero-order valence-electron chi connectivity index (χ0n) is 9.37. The third-order valence-corrected chi connectivity index (χ3v) is 3.07. The molecule has 0 bridgehead atoms. The number of hydrogen-bond donors (Lipinski definition) is 1. The second-order valence-electron chi connectivity index (χ2n) is 3.62. The van der Waals surface area contributed by atoms with E-state index in [2.05, 4.69) is 28.2 Å². The van der Waals surface area contributed by atoms with Gasteiger partial charge in [-0.2, -0.15) is 0 Å².